The Labute approximate surface area is 99.9 Å². The third-order valence-corrected chi connectivity index (χ3v) is 2.25. The van der Waals surface area contributed by atoms with Gasteiger partial charge in [0.1, 0.15) is 0 Å². The summed E-state index contributed by atoms with van der Waals surface area (Å²) in [5, 5.41) is 8.99. The summed E-state index contributed by atoms with van der Waals surface area (Å²) in [6.45, 7) is 1.51. The maximum atomic E-state index is 11.2. The van der Waals surface area contributed by atoms with Crippen LogP contribution in [0.5, 0.6) is 11.5 Å². The third-order valence-electron chi connectivity index (χ3n) is 2.25. The number of methoxy groups -OCH3 is 2. The van der Waals surface area contributed by atoms with Gasteiger partial charge in [-0.2, -0.15) is 0 Å². The summed E-state index contributed by atoms with van der Waals surface area (Å²) in [6.07, 6.45) is -0.714. The predicted octanol–water partition coefficient (Wildman–Crippen LogP) is 1.13. The van der Waals surface area contributed by atoms with Crippen molar-refractivity contribution in [3.05, 3.63) is 23.8 Å². The van der Waals surface area contributed by atoms with Crippen molar-refractivity contribution in [1.82, 2.24) is 0 Å². The summed E-state index contributed by atoms with van der Waals surface area (Å²) in [6, 6.07) is 4.99. The van der Waals surface area contributed by atoms with E-state index in [0.717, 1.165) is 0 Å². The molecule has 0 amide bonds. The van der Waals surface area contributed by atoms with Crippen molar-refractivity contribution >= 4 is 5.97 Å². The molecule has 1 N–H and O–H groups in total. The van der Waals surface area contributed by atoms with Gasteiger partial charge in [0.25, 0.3) is 0 Å². The topological polar surface area (TPSA) is 65.0 Å². The van der Waals surface area contributed by atoms with Crippen molar-refractivity contribution < 1.29 is 24.1 Å². The summed E-state index contributed by atoms with van der Waals surface area (Å²) in [5.74, 6) is 0.438. The molecule has 5 heteroatoms. The van der Waals surface area contributed by atoms with Gasteiger partial charge < -0.3 is 19.3 Å². The van der Waals surface area contributed by atoms with Gasteiger partial charge in [0, 0.05) is 0 Å². The Balaban J connectivity index is 2.87. The monoisotopic (exact) mass is 240 g/mol. The number of esters is 1. The first-order valence-electron chi connectivity index (χ1n) is 5.14. The van der Waals surface area contributed by atoms with Crippen LogP contribution in [0.2, 0.25) is 0 Å². The van der Waals surface area contributed by atoms with Gasteiger partial charge in [-0.15, -0.1) is 0 Å². The molecular formula is C12H16O5. The average Bonchev–Trinajstić information content (AvgIpc) is 2.37. The first-order valence-corrected chi connectivity index (χ1v) is 5.14. The van der Waals surface area contributed by atoms with Crippen molar-refractivity contribution in [2.75, 3.05) is 14.2 Å². The van der Waals surface area contributed by atoms with Gasteiger partial charge in [-0.3, -0.25) is 0 Å². The zero-order valence-electron chi connectivity index (χ0n) is 10.1. The van der Waals surface area contributed by atoms with Gasteiger partial charge >= 0.3 is 5.97 Å². The van der Waals surface area contributed by atoms with E-state index in [9.17, 15) is 4.79 Å². The summed E-state index contributed by atoms with van der Waals surface area (Å²) < 4.78 is 15.1. The molecule has 0 radical (unpaired) electrons. The van der Waals surface area contributed by atoms with Crippen LogP contribution in [0.3, 0.4) is 0 Å². The Morgan fingerprint density at radius 2 is 2.06 bits per heavy atom. The molecule has 0 aliphatic rings. The van der Waals surface area contributed by atoms with Crippen molar-refractivity contribution in [3.63, 3.8) is 0 Å². The Morgan fingerprint density at radius 1 is 1.35 bits per heavy atom. The second kappa shape index (κ2) is 6.10. The lowest BCUT2D eigenvalue weighted by Gasteiger charge is -2.15. The highest BCUT2D eigenvalue weighted by Gasteiger charge is 2.17. The molecule has 1 aromatic rings. The quantitative estimate of drug-likeness (QED) is 0.781. The lowest BCUT2D eigenvalue weighted by Crippen LogP contribution is -2.25. The van der Waals surface area contributed by atoms with E-state index in [0.29, 0.717) is 17.1 Å². The second-order valence-electron chi connectivity index (χ2n) is 3.43. The maximum Gasteiger partial charge on any atom is 0.346 e. The fraction of sp³-hybridized carbons (Fsp3) is 0.417. The van der Waals surface area contributed by atoms with E-state index in [4.69, 9.17) is 14.6 Å². The number of hydrogen-bond acceptors (Lipinski definition) is 5. The molecule has 0 unspecified atom stereocenters. The first-order chi connectivity index (χ1) is 8.12. The SMILES string of the molecule is COC(=O)[C@H](C)Oc1ccc(CO)cc1OC. The standard InChI is InChI=1S/C12H16O5/c1-8(12(14)16-3)17-10-5-4-9(7-13)6-11(10)15-2/h4-6,8,13H,7H2,1-3H3/t8-/m0/s1. The van der Waals surface area contributed by atoms with Crippen LogP contribution in [0, 0.1) is 0 Å². The lowest BCUT2D eigenvalue weighted by molar-refractivity contribution is -0.147. The van der Waals surface area contributed by atoms with Crippen molar-refractivity contribution in [2.24, 2.45) is 0 Å². The fourth-order valence-corrected chi connectivity index (χ4v) is 1.31. The zero-order chi connectivity index (χ0) is 12.8. The van der Waals surface area contributed by atoms with Gasteiger partial charge in [0.05, 0.1) is 20.8 Å². The number of carbonyl (C=O) groups is 1. The van der Waals surface area contributed by atoms with Crippen molar-refractivity contribution in [2.45, 2.75) is 19.6 Å². The number of carbonyl (C=O) groups excluding carboxylic acids is 1. The van der Waals surface area contributed by atoms with Gasteiger partial charge in [-0.05, 0) is 24.6 Å². The molecular weight excluding hydrogens is 224 g/mol. The minimum atomic E-state index is -0.714. The van der Waals surface area contributed by atoms with Gasteiger partial charge in [0.15, 0.2) is 17.6 Å². The summed E-state index contributed by atoms with van der Waals surface area (Å²) >= 11 is 0. The largest absolute Gasteiger partial charge is 0.493 e. The normalized spacial score (nSPS) is 11.8. The molecule has 1 atom stereocenters. The smallest absolute Gasteiger partial charge is 0.346 e. The van der Waals surface area contributed by atoms with Crippen LogP contribution in [-0.2, 0) is 16.1 Å². The molecule has 5 nitrogen and oxygen atoms in total. The van der Waals surface area contributed by atoms with Crippen LogP contribution in [0.25, 0.3) is 0 Å². The van der Waals surface area contributed by atoms with Crippen molar-refractivity contribution in [1.29, 1.82) is 0 Å². The van der Waals surface area contributed by atoms with E-state index in [2.05, 4.69) is 4.74 Å². The maximum absolute atomic E-state index is 11.2. The first kappa shape index (κ1) is 13.3. The number of rotatable bonds is 5. The van der Waals surface area contributed by atoms with Crippen LogP contribution >= 0.6 is 0 Å². The van der Waals surface area contributed by atoms with Gasteiger partial charge in [-0.1, -0.05) is 6.07 Å². The number of benzene rings is 1. The fourth-order valence-electron chi connectivity index (χ4n) is 1.31. The minimum Gasteiger partial charge on any atom is -0.493 e. The third kappa shape index (κ3) is 3.35. The van der Waals surface area contributed by atoms with E-state index in [1.54, 1.807) is 25.1 Å². The van der Waals surface area contributed by atoms with E-state index in [1.807, 2.05) is 0 Å². The molecule has 17 heavy (non-hydrogen) atoms. The van der Waals surface area contributed by atoms with Crippen LogP contribution in [0.1, 0.15) is 12.5 Å². The number of aliphatic hydroxyl groups excluding tert-OH is 1. The van der Waals surface area contributed by atoms with E-state index in [-0.39, 0.29) is 6.61 Å². The summed E-state index contributed by atoms with van der Waals surface area (Å²) in [5.41, 5.74) is 0.708. The molecule has 1 rings (SSSR count). The highest BCUT2D eigenvalue weighted by atomic mass is 16.6. The molecule has 1 aromatic carbocycles. The Hall–Kier alpha value is -1.75. The molecule has 94 valence electrons. The van der Waals surface area contributed by atoms with E-state index >= 15 is 0 Å². The molecule has 0 aliphatic heterocycles. The van der Waals surface area contributed by atoms with Crippen LogP contribution in [-0.4, -0.2) is 31.4 Å². The molecule has 0 bridgehead atoms. The lowest BCUT2D eigenvalue weighted by atomic mass is 10.2. The molecule has 0 aromatic heterocycles. The van der Waals surface area contributed by atoms with Gasteiger partial charge in [0.2, 0.25) is 0 Å². The average molecular weight is 240 g/mol. The Kier molecular flexibility index (Phi) is 4.78. The number of aliphatic hydroxyl groups is 1. The summed E-state index contributed by atoms with van der Waals surface area (Å²) in [7, 11) is 2.79. The molecule has 0 fully saturated rings. The Bertz CT molecular complexity index is 388. The molecule has 0 saturated heterocycles. The number of ether oxygens (including phenoxy) is 3. The molecule has 0 heterocycles. The van der Waals surface area contributed by atoms with Gasteiger partial charge in [-0.25, -0.2) is 4.79 Å². The van der Waals surface area contributed by atoms with E-state index in [1.165, 1.54) is 14.2 Å². The molecule has 0 aliphatic carbocycles. The van der Waals surface area contributed by atoms with Crippen molar-refractivity contribution in [3.8, 4) is 11.5 Å². The van der Waals surface area contributed by atoms with Crippen LogP contribution in [0.15, 0.2) is 18.2 Å². The Morgan fingerprint density at radius 3 is 2.59 bits per heavy atom. The minimum absolute atomic E-state index is 0.0802. The van der Waals surface area contributed by atoms with E-state index < -0.39 is 12.1 Å². The van der Waals surface area contributed by atoms with Crippen LogP contribution < -0.4 is 9.47 Å². The second-order valence-corrected chi connectivity index (χ2v) is 3.43. The zero-order valence-corrected chi connectivity index (χ0v) is 10.1. The van der Waals surface area contributed by atoms with Crippen LogP contribution in [0.4, 0.5) is 0 Å². The highest BCUT2D eigenvalue weighted by molar-refractivity contribution is 5.74. The highest BCUT2D eigenvalue weighted by Crippen LogP contribution is 2.29. The number of hydrogen-bond donors (Lipinski definition) is 1. The predicted molar refractivity (Wildman–Crippen MR) is 61.0 cm³/mol. The molecule has 0 spiro atoms. The molecule has 0 saturated carbocycles. The summed E-state index contributed by atoms with van der Waals surface area (Å²) in [4.78, 5) is 11.2.